The molecule has 3 aromatic heterocycles. The summed E-state index contributed by atoms with van der Waals surface area (Å²) in [5, 5.41) is 2.39. The third-order valence-electron chi connectivity index (χ3n) is 8.59. The smallest absolute Gasteiger partial charge is 0.0571 e. The van der Waals surface area contributed by atoms with Gasteiger partial charge in [0.15, 0.2) is 0 Å². The van der Waals surface area contributed by atoms with Crippen molar-refractivity contribution in [2.24, 2.45) is 0 Å². The quantitative estimate of drug-likeness (QED) is 0.216. The van der Waals surface area contributed by atoms with Gasteiger partial charge in [-0.3, -0.25) is 4.98 Å². The lowest BCUT2D eigenvalue weighted by Crippen LogP contribution is -2.04. The van der Waals surface area contributed by atoms with E-state index < -0.39 is 0 Å². The Morgan fingerprint density at radius 2 is 0.952 bits per heavy atom. The second kappa shape index (κ2) is 9.88. The van der Waals surface area contributed by atoms with Crippen LogP contribution in [0.1, 0.15) is 33.4 Å². The molecule has 0 unspecified atom stereocenters. The second-order valence-electron chi connectivity index (χ2n) is 11.7. The third kappa shape index (κ3) is 4.08. The molecule has 0 radical (unpaired) electrons. The van der Waals surface area contributed by atoms with E-state index in [9.17, 15) is 0 Å². The van der Waals surface area contributed by atoms with Crippen molar-refractivity contribution < 1.29 is 0 Å². The van der Waals surface area contributed by atoms with Crippen LogP contribution in [0.2, 0.25) is 0 Å². The lowest BCUT2D eigenvalue weighted by molar-refractivity contribution is 1.07. The maximum absolute atomic E-state index is 4.42. The highest BCUT2D eigenvalue weighted by Crippen LogP contribution is 2.39. The van der Waals surface area contributed by atoms with Crippen LogP contribution in [-0.4, -0.2) is 14.1 Å². The van der Waals surface area contributed by atoms with Crippen molar-refractivity contribution in [3.05, 3.63) is 137 Å². The molecule has 0 fully saturated rings. The van der Waals surface area contributed by atoms with Crippen molar-refractivity contribution in [3.63, 3.8) is 0 Å². The normalized spacial score (nSPS) is 11.6. The Morgan fingerprint density at radius 3 is 1.50 bits per heavy atom. The number of rotatable bonds is 4. The van der Waals surface area contributed by atoms with Crippen LogP contribution >= 0.6 is 0 Å². The summed E-state index contributed by atoms with van der Waals surface area (Å²) in [6, 6.07) is 33.5. The molecule has 4 aromatic carbocycles. The fourth-order valence-electron chi connectivity index (χ4n) is 7.12. The Kier molecular flexibility index (Phi) is 6.13. The minimum atomic E-state index is 1.14. The van der Waals surface area contributed by atoms with Gasteiger partial charge in [0.1, 0.15) is 0 Å². The first-order chi connectivity index (χ1) is 20.3. The van der Waals surface area contributed by atoms with Crippen LogP contribution in [0.3, 0.4) is 0 Å². The molecule has 0 aliphatic rings. The summed E-state index contributed by atoms with van der Waals surface area (Å²) < 4.78 is 4.80. The van der Waals surface area contributed by atoms with Crippen molar-refractivity contribution >= 4 is 21.8 Å². The van der Waals surface area contributed by atoms with Crippen LogP contribution in [0, 0.1) is 41.5 Å². The van der Waals surface area contributed by atoms with Gasteiger partial charge in [-0.05, 0) is 112 Å². The Morgan fingerprint density at radius 1 is 0.476 bits per heavy atom. The highest BCUT2D eigenvalue weighted by molar-refractivity contribution is 6.08. The molecule has 0 spiro atoms. The fraction of sp³-hybridized carbons (Fsp3) is 0.154. The Bertz CT molecular complexity index is 1960. The van der Waals surface area contributed by atoms with E-state index in [1.54, 1.807) is 0 Å². The molecule has 0 amide bonds. The van der Waals surface area contributed by atoms with Crippen LogP contribution in [0.15, 0.2) is 103 Å². The van der Waals surface area contributed by atoms with Crippen LogP contribution in [0.5, 0.6) is 0 Å². The Balaban J connectivity index is 1.46. The van der Waals surface area contributed by atoms with E-state index in [2.05, 4.69) is 147 Å². The van der Waals surface area contributed by atoms with Gasteiger partial charge < -0.3 is 9.13 Å². The molecule has 0 N–H and O–H groups in total. The van der Waals surface area contributed by atoms with E-state index in [0.29, 0.717) is 0 Å². The molecule has 0 saturated heterocycles. The molecular formula is C39H35N3. The fourth-order valence-corrected chi connectivity index (χ4v) is 7.12. The zero-order valence-corrected chi connectivity index (χ0v) is 25.2. The average molecular weight is 546 g/mol. The van der Waals surface area contributed by atoms with E-state index in [1.165, 1.54) is 72.2 Å². The highest BCUT2D eigenvalue weighted by Gasteiger charge is 2.20. The van der Waals surface area contributed by atoms with Crippen LogP contribution < -0.4 is 0 Å². The van der Waals surface area contributed by atoms with Gasteiger partial charge in [0, 0.05) is 45.7 Å². The highest BCUT2D eigenvalue weighted by atomic mass is 15.0. The van der Waals surface area contributed by atoms with Crippen molar-refractivity contribution in [1.82, 2.24) is 14.1 Å². The maximum Gasteiger partial charge on any atom is 0.0571 e. The minimum Gasteiger partial charge on any atom is -0.309 e. The van der Waals surface area contributed by atoms with E-state index in [4.69, 9.17) is 0 Å². The summed E-state index contributed by atoms with van der Waals surface area (Å²) in [5.74, 6) is 0. The van der Waals surface area contributed by atoms with Crippen molar-refractivity contribution in [2.75, 3.05) is 0 Å². The number of pyridine rings is 1. The first kappa shape index (κ1) is 26.0. The van der Waals surface area contributed by atoms with E-state index in [1.807, 2.05) is 12.4 Å². The molecule has 7 rings (SSSR count). The van der Waals surface area contributed by atoms with Gasteiger partial charge in [-0.2, -0.15) is 0 Å². The summed E-state index contributed by atoms with van der Waals surface area (Å²) in [5.41, 5.74) is 17.4. The second-order valence-corrected chi connectivity index (χ2v) is 11.7. The van der Waals surface area contributed by atoms with Gasteiger partial charge in [0.2, 0.25) is 0 Å². The van der Waals surface area contributed by atoms with Crippen LogP contribution in [-0.2, 0) is 0 Å². The van der Waals surface area contributed by atoms with Crippen molar-refractivity contribution in [1.29, 1.82) is 0 Å². The lowest BCUT2D eigenvalue weighted by Gasteiger charge is -2.20. The molecule has 0 bridgehead atoms. The van der Waals surface area contributed by atoms with Gasteiger partial charge in [-0.15, -0.1) is 0 Å². The zero-order chi connectivity index (χ0) is 29.1. The monoisotopic (exact) mass is 545 g/mol. The molecule has 7 aromatic rings. The number of hydrogen-bond acceptors (Lipinski definition) is 1. The van der Waals surface area contributed by atoms with Crippen molar-refractivity contribution in [3.8, 4) is 33.9 Å². The number of aryl methyl sites for hydroxylation is 6. The molecule has 3 heterocycles. The number of nitrogens with zero attached hydrogens (tertiary/aromatic N) is 3. The summed E-state index contributed by atoms with van der Waals surface area (Å²) in [4.78, 5) is 4.42. The van der Waals surface area contributed by atoms with E-state index in [0.717, 1.165) is 16.9 Å². The third-order valence-corrected chi connectivity index (χ3v) is 8.59. The molecule has 206 valence electrons. The summed E-state index contributed by atoms with van der Waals surface area (Å²) >= 11 is 0. The Hall–Kier alpha value is -4.89. The van der Waals surface area contributed by atoms with E-state index >= 15 is 0 Å². The molecule has 0 atom stereocenters. The van der Waals surface area contributed by atoms with Crippen LogP contribution in [0.25, 0.3) is 55.7 Å². The first-order valence-corrected chi connectivity index (χ1v) is 14.6. The molecule has 3 heteroatoms. The standard InChI is InChI=1S/C39H35N3/c1-24-19-26(3)38(27(4)20-24)36-15-16-37(39-28(5)21-25(2)22-29(39)6)42(36)31-13-11-30(12-14-31)41-34-10-8-7-9-32(34)33-23-40-18-17-35(33)41/h7-23H,1-6H3. The number of aromatic nitrogens is 3. The van der Waals surface area contributed by atoms with Gasteiger partial charge >= 0.3 is 0 Å². The van der Waals surface area contributed by atoms with Gasteiger partial charge in [0.05, 0.1) is 22.4 Å². The van der Waals surface area contributed by atoms with Crippen molar-refractivity contribution in [2.45, 2.75) is 41.5 Å². The van der Waals surface area contributed by atoms with Gasteiger partial charge in [-0.1, -0.05) is 53.6 Å². The predicted octanol–water partition coefficient (Wildman–Crippen LogP) is 10.2. The Labute approximate surface area is 247 Å². The zero-order valence-electron chi connectivity index (χ0n) is 25.2. The molecule has 3 nitrogen and oxygen atoms in total. The van der Waals surface area contributed by atoms with Crippen LogP contribution in [0.4, 0.5) is 0 Å². The molecule has 0 aliphatic heterocycles. The van der Waals surface area contributed by atoms with Gasteiger partial charge in [0.25, 0.3) is 0 Å². The number of para-hydroxylation sites is 1. The first-order valence-electron chi connectivity index (χ1n) is 14.6. The summed E-state index contributed by atoms with van der Waals surface area (Å²) in [6.07, 6.45) is 3.85. The predicted molar refractivity (Wildman–Crippen MR) is 177 cm³/mol. The van der Waals surface area contributed by atoms with E-state index in [-0.39, 0.29) is 0 Å². The maximum atomic E-state index is 4.42. The topological polar surface area (TPSA) is 22.8 Å². The minimum absolute atomic E-state index is 1.14. The van der Waals surface area contributed by atoms with Gasteiger partial charge in [-0.25, -0.2) is 0 Å². The summed E-state index contributed by atoms with van der Waals surface area (Å²) in [7, 11) is 0. The largest absolute Gasteiger partial charge is 0.309 e. The molecule has 42 heavy (non-hydrogen) atoms. The SMILES string of the molecule is Cc1cc(C)c(-c2ccc(-c3c(C)cc(C)cc3C)n2-c2ccc(-n3c4ccccc4c4cnccc43)cc2)c(C)c1. The molecule has 0 aliphatic carbocycles. The lowest BCUT2D eigenvalue weighted by atomic mass is 9.96. The number of benzene rings is 4. The summed E-state index contributed by atoms with van der Waals surface area (Å²) in [6.45, 7) is 13.3. The number of fused-ring (bicyclic) bond motifs is 3. The molecule has 0 saturated carbocycles. The number of hydrogen-bond donors (Lipinski definition) is 0. The average Bonchev–Trinajstić information content (AvgIpc) is 3.52. The molecular weight excluding hydrogens is 510 g/mol.